The molecule has 0 amide bonds. The quantitative estimate of drug-likeness (QED) is 0.470. The Labute approximate surface area is 42.3 Å². The molecule has 0 saturated carbocycles. The van der Waals surface area contributed by atoms with E-state index in [1.165, 1.54) is 0 Å². The van der Waals surface area contributed by atoms with Gasteiger partial charge in [0.15, 0.2) is 0 Å². The SMILES string of the molecule is C=CC1=CN=NC1. The van der Waals surface area contributed by atoms with Gasteiger partial charge in [0.05, 0.1) is 12.7 Å². The summed E-state index contributed by atoms with van der Waals surface area (Å²) in [5.41, 5.74) is 1.10. The molecule has 1 aliphatic heterocycles. The van der Waals surface area contributed by atoms with Crippen LogP contribution in [0.25, 0.3) is 0 Å². The molecule has 0 radical (unpaired) electrons. The van der Waals surface area contributed by atoms with E-state index in [4.69, 9.17) is 0 Å². The maximum Gasteiger partial charge on any atom is 0.0868 e. The smallest absolute Gasteiger partial charge is 0.0868 e. The zero-order chi connectivity index (χ0) is 5.11. The van der Waals surface area contributed by atoms with Crippen LogP contribution >= 0.6 is 0 Å². The van der Waals surface area contributed by atoms with Crippen molar-refractivity contribution in [1.82, 2.24) is 0 Å². The molecule has 1 aliphatic rings. The van der Waals surface area contributed by atoms with Crippen LogP contribution in [0.1, 0.15) is 0 Å². The van der Waals surface area contributed by atoms with Gasteiger partial charge in [0, 0.05) is 0 Å². The summed E-state index contributed by atoms with van der Waals surface area (Å²) in [5.74, 6) is 0. The molecule has 0 bridgehead atoms. The minimum Gasteiger partial charge on any atom is -0.184 e. The maximum atomic E-state index is 3.70. The molecule has 36 valence electrons. The molecule has 0 aromatic carbocycles. The van der Waals surface area contributed by atoms with E-state index in [2.05, 4.69) is 16.8 Å². The van der Waals surface area contributed by atoms with Gasteiger partial charge in [-0.2, -0.15) is 10.2 Å². The van der Waals surface area contributed by atoms with Crippen LogP contribution in [0.5, 0.6) is 0 Å². The number of rotatable bonds is 1. The fourth-order valence-corrected chi connectivity index (χ4v) is 0.396. The Kier molecular flexibility index (Phi) is 1.02. The highest BCUT2D eigenvalue weighted by atomic mass is 15.1. The summed E-state index contributed by atoms with van der Waals surface area (Å²) in [6.45, 7) is 4.27. The second-order valence-electron chi connectivity index (χ2n) is 1.32. The van der Waals surface area contributed by atoms with E-state index in [0.29, 0.717) is 6.54 Å². The van der Waals surface area contributed by atoms with Gasteiger partial charge in [0.25, 0.3) is 0 Å². The molecule has 2 heteroatoms. The fourth-order valence-electron chi connectivity index (χ4n) is 0.396. The molecule has 7 heavy (non-hydrogen) atoms. The third-order valence-corrected chi connectivity index (χ3v) is 0.821. The third-order valence-electron chi connectivity index (χ3n) is 0.821. The standard InChI is InChI=1S/C5H6N2/c1-2-5-3-6-7-4-5/h2-3H,1,4H2. The number of azo groups is 1. The van der Waals surface area contributed by atoms with Crippen LogP contribution in [-0.2, 0) is 0 Å². The first kappa shape index (κ1) is 4.24. The van der Waals surface area contributed by atoms with Gasteiger partial charge in [-0.05, 0) is 5.57 Å². The second-order valence-corrected chi connectivity index (χ2v) is 1.32. The molecule has 1 heterocycles. The summed E-state index contributed by atoms with van der Waals surface area (Å²) in [6, 6.07) is 0. The Balaban J connectivity index is 2.61. The summed E-state index contributed by atoms with van der Waals surface area (Å²) >= 11 is 0. The molecular weight excluding hydrogens is 88.1 g/mol. The van der Waals surface area contributed by atoms with Crippen molar-refractivity contribution in [3.8, 4) is 0 Å². The Morgan fingerprint density at radius 1 is 1.86 bits per heavy atom. The van der Waals surface area contributed by atoms with Gasteiger partial charge in [-0.1, -0.05) is 12.7 Å². The largest absolute Gasteiger partial charge is 0.184 e. The van der Waals surface area contributed by atoms with Crippen LogP contribution in [0.3, 0.4) is 0 Å². The molecule has 2 nitrogen and oxygen atoms in total. The van der Waals surface area contributed by atoms with Crippen molar-refractivity contribution in [3.63, 3.8) is 0 Å². The zero-order valence-corrected chi connectivity index (χ0v) is 3.96. The Hall–Kier alpha value is -0.920. The van der Waals surface area contributed by atoms with Gasteiger partial charge >= 0.3 is 0 Å². The number of hydrogen-bond donors (Lipinski definition) is 0. The van der Waals surface area contributed by atoms with Crippen molar-refractivity contribution >= 4 is 0 Å². The minimum absolute atomic E-state index is 0.712. The molecule has 0 aromatic rings. The lowest BCUT2D eigenvalue weighted by atomic mass is 10.3. The normalized spacial score (nSPS) is 16.9. The number of hydrogen-bond acceptors (Lipinski definition) is 2. The van der Waals surface area contributed by atoms with Crippen molar-refractivity contribution in [2.24, 2.45) is 10.2 Å². The predicted molar refractivity (Wildman–Crippen MR) is 28.0 cm³/mol. The van der Waals surface area contributed by atoms with E-state index in [9.17, 15) is 0 Å². The highest BCUT2D eigenvalue weighted by molar-refractivity contribution is 5.18. The average Bonchev–Trinajstić information content (AvgIpc) is 2.14. The molecular formula is C5H6N2. The molecule has 0 N–H and O–H groups in total. The first-order valence-electron chi connectivity index (χ1n) is 2.11. The monoisotopic (exact) mass is 94.1 g/mol. The summed E-state index contributed by atoms with van der Waals surface area (Å²) < 4.78 is 0. The molecule has 0 atom stereocenters. The van der Waals surface area contributed by atoms with Gasteiger partial charge in [0.2, 0.25) is 0 Å². The summed E-state index contributed by atoms with van der Waals surface area (Å²) in [7, 11) is 0. The lowest BCUT2D eigenvalue weighted by Gasteiger charge is -1.78. The summed E-state index contributed by atoms with van der Waals surface area (Å²) in [4.78, 5) is 0. The number of nitrogens with zero attached hydrogens (tertiary/aromatic N) is 2. The van der Waals surface area contributed by atoms with Crippen molar-refractivity contribution in [3.05, 3.63) is 24.4 Å². The fraction of sp³-hybridized carbons (Fsp3) is 0.200. The van der Waals surface area contributed by atoms with E-state index in [-0.39, 0.29) is 0 Å². The van der Waals surface area contributed by atoms with Crippen LogP contribution in [-0.4, -0.2) is 6.54 Å². The van der Waals surface area contributed by atoms with Gasteiger partial charge in [0.1, 0.15) is 0 Å². The Morgan fingerprint density at radius 3 is 3.00 bits per heavy atom. The summed E-state index contributed by atoms with van der Waals surface area (Å²) in [5, 5.41) is 7.32. The molecule has 0 spiro atoms. The first-order valence-corrected chi connectivity index (χ1v) is 2.11. The van der Waals surface area contributed by atoms with Crippen LogP contribution in [0.4, 0.5) is 0 Å². The highest BCUT2D eigenvalue weighted by Crippen LogP contribution is 2.03. The van der Waals surface area contributed by atoms with Gasteiger partial charge in [-0.3, -0.25) is 0 Å². The molecule has 0 unspecified atom stereocenters. The Bertz CT molecular complexity index is 133. The van der Waals surface area contributed by atoms with E-state index >= 15 is 0 Å². The second kappa shape index (κ2) is 1.69. The molecule has 1 rings (SSSR count). The van der Waals surface area contributed by atoms with Crippen LogP contribution in [0, 0.1) is 0 Å². The lowest BCUT2D eigenvalue weighted by molar-refractivity contribution is 1.12. The first-order chi connectivity index (χ1) is 3.43. The van der Waals surface area contributed by atoms with E-state index in [0.717, 1.165) is 5.57 Å². The Morgan fingerprint density at radius 2 is 2.71 bits per heavy atom. The van der Waals surface area contributed by atoms with Crippen LogP contribution in [0.15, 0.2) is 34.7 Å². The minimum atomic E-state index is 0.712. The predicted octanol–water partition coefficient (Wildman–Crippen LogP) is 1.52. The average molecular weight is 94.1 g/mol. The van der Waals surface area contributed by atoms with Crippen molar-refractivity contribution < 1.29 is 0 Å². The van der Waals surface area contributed by atoms with E-state index < -0.39 is 0 Å². The van der Waals surface area contributed by atoms with Crippen LogP contribution in [0.2, 0.25) is 0 Å². The molecule has 0 saturated heterocycles. The lowest BCUT2D eigenvalue weighted by Crippen LogP contribution is -1.73. The summed E-state index contributed by atoms with van der Waals surface area (Å²) in [6.07, 6.45) is 3.48. The van der Waals surface area contributed by atoms with Crippen molar-refractivity contribution in [1.29, 1.82) is 0 Å². The highest BCUT2D eigenvalue weighted by Gasteiger charge is 1.92. The van der Waals surface area contributed by atoms with Gasteiger partial charge in [-0.25, -0.2) is 0 Å². The van der Waals surface area contributed by atoms with Crippen molar-refractivity contribution in [2.45, 2.75) is 0 Å². The van der Waals surface area contributed by atoms with E-state index in [1.54, 1.807) is 12.3 Å². The maximum absolute atomic E-state index is 3.70. The molecule has 0 aromatic heterocycles. The van der Waals surface area contributed by atoms with Gasteiger partial charge < -0.3 is 0 Å². The van der Waals surface area contributed by atoms with E-state index in [1.807, 2.05) is 0 Å². The van der Waals surface area contributed by atoms with Crippen molar-refractivity contribution in [2.75, 3.05) is 6.54 Å². The van der Waals surface area contributed by atoms with Gasteiger partial charge in [-0.15, -0.1) is 0 Å². The third kappa shape index (κ3) is 0.738. The topological polar surface area (TPSA) is 24.7 Å². The van der Waals surface area contributed by atoms with Crippen LogP contribution < -0.4 is 0 Å². The zero-order valence-electron chi connectivity index (χ0n) is 3.96. The molecule has 0 aliphatic carbocycles. The molecule has 0 fully saturated rings.